The molecule has 2 aromatic carbocycles. The molecular formula is C22H26FNO3. The number of halogens is 1. The Morgan fingerprint density at radius 3 is 2.48 bits per heavy atom. The molecule has 1 N–H and O–H groups in total. The van der Waals surface area contributed by atoms with Gasteiger partial charge >= 0.3 is 0 Å². The van der Waals surface area contributed by atoms with Crippen LogP contribution in [0.5, 0.6) is 5.75 Å². The molecule has 1 unspecified atom stereocenters. The molecule has 1 atom stereocenters. The van der Waals surface area contributed by atoms with E-state index in [1.807, 2.05) is 31.2 Å². The number of rotatable bonds is 6. The molecule has 1 saturated heterocycles. The SMILES string of the molecule is CCC(C)Oc1ccc(NC(=O)C2(c3ccccc3F)CCOCC2)cc1. The zero-order valence-corrected chi connectivity index (χ0v) is 15.8. The number of hydrogen-bond donors (Lipinski definition) is 1. The lowest BCUT2D eigenvalue weighted by molar-refractivity contribution is -0.125. The highest BCUT2D eigenvalue weighted by Crippen LogP contribution is 2.37. The van der Waals surface area contributed by atoms with Crippen LogP contribution in [0.4, 0.5) is 10.1 Å². The topological polar surface area (TPSA) is 47.6 Å². The van der Waals surface area contributed by atoms with Gasteiger partial charge in [-0.2, -0.15) is 0 Å². The van der Waals surface area contributed by atoms with Crippen molar-refractivity contribution in [3.63, 3.8) is 0 Å². The summed E-state index contributed by atoms with van der Waals surface area (Å²) in [4.78, 5) is 13.2. The van der Waals surface area contributed by atoms with E-state index in [0.29, 0.717) is 37.3 Å². The first-order chi connectivity index (χ1) is 13.0. The Morgan fingerprint density at radius 2 is 1.85 bits per heavy atom. The minimum absolute atomic E-state index is 0.136. The first-order valence-electron chi connectivity index (χ1n) is 9.46. The van der Waals surface area contributed by atoms with Crippen molar-refractivity contribution in [2.24, 2.45) is 0 Å². The average molecular weight is 371 g/mol. The fraction of sp³-hybridized carbons (Fsp3) is 0.409. The Hall–Kier alpha value is -2.40. The lowest BCUT2D eigenvalue weighted by Crippen LogP contribution is -2.45. The Labute approximate surface area is 159 Å². The summed E-state index contributed by atoms with van der Waals surface area (Å²) >= 11 is 0. The molecule has 0 radical (unpaired) electrons. The molecule has 27 heavy (non-hydrogen) atoms. The standard InChI is InChI=1S/C22H26FNO3/c1-3-16(2)27-18-10-8-17(9-11-18)24-21(25)22(12-14-26-15-13-22)19-6-4-5-7-20(19)23/h4-11,16H,3,12-15H2,1-2H3,(H,24,25). The van der Waals surface area contributed by atoms with Gasteiger partial charge in [0.05, 0.1) is 11.5 Å². The zero-order chi connectivity index (χ0) is 19.3. The van der Waals surface area contributed by atoms with Crippen molar-refractivity contribution < 1.29 is 18.7 Å². The highest BCUT2D eigenvalue weighted by Gasteiger charge is 2.43. The van der Waals surface area contributed by atoms with Crippen LogP contribution >= 0.6 is 0 Å². The molecule has 1 fully saturated rings. The molecule has 1 amide bonds. The predicted molar refractivity (Wildman–Crippen MR) is 104 cm³/mol. The quantitative estimate of drug-likeness (QED) is 0.801. The number of ether oxygens (including phenoxy) is 2. The maximum absolute atomic E-state index is 14.5. The number of hydrogen-bond acceptors (Lipinski definition) is 3. The summed E-state index contributed by atoms with van der Waals surface area (Å²) in [6, 6.07) is 13.8. The van der Waals surface area contributed by atoms with Crippen LogP contribution in [0.25, 0.3) is 0 Å². The number of anilines is 1. The fourth-order valence-corrected chi connectivity index (χ4v) is 3.37. The van der Waals surface area contributed by atoms with Gasteiger partial charge in [-0.05, 0) is 56.5 Å². The minimum atomic E-state index is -0.921. The van der Waals surface area contributed by atoms with Crippen molar-refractivity contribution in [2.45, 2.75) is 44.6 Å². The van der Waals surface area contributed by atoms with Crippen LogP contribution in [0, 0.1) is 5.82 Å². The van der Waals surface area contributed by atoms with E-state index in [-0.39, 0.29) is 17.8 Å². The average Bonchev–Trinajstić information content (AvgIpc) is 2.70. The van der Waals surface area contributed by atoms with Crippen LogP contribution in [0.1, 0.15) is 38.7 Å². The van der Waals surface area contributed by atoms with E-state index in [9.17, 15) is 9.18 Å². The van der Waals surface area contributed by atoms with E-state index < -0.39 is 5.41 Å². The molecule has 0 aliphatic carbocycles. The third-order valence-electron chi connectivity index (χ3n) is 5.19. The van der Waals surface area contributed by atoms with E-state index in [4.69, 9.17) is 9.47 Å². The van der Waals surface area contributed by atoms with E-state index in [2.05, 4.69) is 12.2 Å². The molecule has 3 rings (SSSR count). The molecule has 5 heteroatoms. The highest BCUT2D eigenvalue weighted by atomic mass is 19.1. The highest BCUT2D eigenvalue weighted by molar-refractivity contribution is 5.99. The molecule has 1 heterocycles. The van der Waals surface area contributed by atoms with Crippen molar-refractivity contribution in [1.29, 1.82) is 0 Å². The summed E-state index contributed by atoms with van der Waals surface area (Å²) in [5, 5.41) is 2.96. The molecule has 0 saturated carbocycles. The van der Waals surface area contributed by atoms with Crippen molar-refractivity contribution in [3.8, 4) is 5.75 Å². The van der Waals surface area contributed by atoms with E-state index in [1.165, 1.54) is 6.07 Å². The second-order valence-electron chi connectivity index (χ2n) is 6.99. The summed E-state index contributed by atoms with van der Waals surface area (Å²) < 4.78 is 25.7. The van der Waals surface area contributed by atoms with Gasteiger partial charge in [0.25, 0.3) is 0 Å². The van der Waals surface area contributed by atoms with Crippen LogP contribution in [0.3, 0.4) is 0 Å². The third-order valence-corrected chi connectivity index (χ3v) is 5.19. The lowest BCUT2D eigenvalue weighted by atomic mass is 9.73. The zero-order valence-electron chi connectivity index (χ0n) is 15.8. The smallest absolute Gasteiger partial charge is 0.235 e. The Balaban J connectivity index is 1.80. The molecule has 0 aromatic heterocycles. The molecule has 0 spiro atoms. The second kappa shape index (κ2) is 8.53. The van der Waals surface area contributed by atoms with Crippen molar-refractivity contribution in [3.05, 3.63) is 59.9 Å². The van der Waals surface area contributed by atoms with Gasteiger partial charge in [0, 0.05) is 24.5 Å². The van der Waals surface area contributed by atoms with Gasteiger partial charge in [0.15, 0.2) is 0 Å². The summed E-state index contributed by atoms with van der Waals surface area (Å²) in [5.41, 5.74) is 0.177. The maximum atomic E-state index is 14.5. The van der Waals surface area contributed by atoms with Crippen LogP contribution in [0.2, 0.25) is 0 Å². The van der Waals surface area contributed by atoms with Crippen LogP contribution in [0.15, 0.2) is 48.5 Å². The number of benzene rings is 2. The number of carbonyl (C=O) groups excluding carboxylic acids is 1. The number of nitrogens with one attached hydrogen (secondary N) is 1. The summed E-state index contributed by atoms with van der Waals surface area (Å²) in [7, 11) is 0. The van der Waals surface area contributed by atoms with Gasteiger partial charge in [-0.1, -0.05) is 25.1 Å². The van der Waals surface area contributed by atoms with Gasteiger partial charge < -0.3 is 14.8 Å². The predicted octanol–water partition coefficient (Wildman–Crippen LogP) is 4.69. The van der Waals surface area contributed by atoms with E-state index >= 15 is 0 Å². The first-order valence-corrected chi connectivity index (χ1v) is 9.46. The minimum Gasteiger partial charge on any atom is -0.491 e. The van der Waals surface area contributed by atoms with Gasteiger partial charge in [-0.25, -0.2) is 4.39 Å². The van der Waals surface area contributed by atoms with E-state index in [0.717, 1.165) is 12.2 Å². The molecule has 4 nitrogen and oxygen atoms in total. The lowest BCUT2D eigenvalue weighted by Gasteiger charge is -2.36. The van der Waals surface area contributed by atoms with Gasteiger partial charge in [0.1, 0.15) is 11.6 Å². The van der Waals surface area contributed by atoms with Gasteiger partial charge in [-0.15, -0.1) is 0 Å². The first kappa shape index (κ1) is 19.4. The summed E-state index contributed by atoms with van der Waals surface area (Å²) in [6.45, 7) is 4.95. The Morgan fingerprint density at radius 1 is 1.19 bits per heavy atom. The van der Waals surface area contributed by atoms with E-state index in [1.54, 1.807) is 18.2 Å². The molecule has 144 valence electrons. The van der Waals surface area contributed by atoms with Crippen LogP contribution in [-0.4, -0.2) is 25.2 Å². The number of carbonyl (C=O) groups is 1. The van der Waals surface area contributed by atoms with Gasteiger partial charge in [0.2, 0.25) is 5.91 Å². The molecule has 2 aromatic rings. The third kappa shape index (κ3) is 4.30. The molecule has 0 bridgehead atoms. The summed E-state index contributed by atoms with van der Waals surface area (Å²) in [6.07, 6.45) is 1.97. The van der Waals surface area contributed by atoms with Crippen LogP contribution < -0.4 is 10.1 Å². The largest absolute Gasteiger partial charge is 0.491 e. The Kier molecular flexibility index (Phi) is 6.11. The second-order valence-corrected chi connectivity index (χ2v) is 6.99. The van der Waals surface area contributed by atoms with Crippen LogP contribution in [-0.2, 0) is 14.9 Å². The molecule has 1 aliphatic rings. The van der Waals surface area contributed by atoms with Crippen molar-refractivity contribution in [2.75, 3.05) is 18.5 Å². The van der Waals surface area contributed by atoms with Crippen molar-refractivity contribution in [1.82, 2.24) is 0 Å². The number of amides is 1. The summed E-state index contributed by atoms with van der Waals surface area (Å²) in [5.74, 6) is 0.204. The molecular weight excluding hydrogens is 345 g/mol. The maximum Gasteiger partial charge on any atom is 0.235 e. The van der Waals surface area contributed by atoms with Crippen molar-refractivity contribution >= 4 is 11.6 Å². The Bertz CT molecular complexity index is 769. The molecule has 1 aliphatic heterocycles. The fourth-order valence-electron chi connectivity index (χ4n) is 3.37. The monoisotopic (exact) mass is 371 g/mol. The van der Waals surface area contributed by atoms with Gasteiger partial charge in [-0.3, -0.25) is 4.79 Å². The normalized spacial score (nSPS) is 17.1.